The van der Waals surface area contributed by atoms with E-state index in [0.29, 0.717) is 21.5 Å². The third-order valence-corrected chi connectivity index (χ3v) is 3.82. The predicted molar refractivity (Wildman–Crippen MR) is 94.2 cm³/mol. The normalized spacial score (nSPS) is 17.9. The van der Waals surface area contributed by atoms with E-state index < -0.39 is 11.6 Å². The first kappa shape index (κ1) is 17.3. The quantitative estimate of drug-likeness (QED) is 0.600. The molecule has 2 aromatic rings. The molecule has 23 heavy (non-hydrogen) atoms. The first-order chi connectivity index (χ1) is 10.9. The number of hydrogen-bond acceptors (Lipinski definition) is 2. The molecule has 0 N–H and O–H groups in total. The van der Waals surface area contributed by atoms with E-state index in [0.717, 1.165) is 5.56 Å². The lowest BCUT2D eigenvalue weighted by molar-refractivity contribution is -0.0494. The van der Waals surface area contributed by atoms with Crippen molar-refractivity contribution in [3.63, 3.8) is 0 Å². The van der Waals surface area contributed by atoms with Gasteiger partial charge in [0.2, 0.25) is 0 Å². The van der Waals surface area contributed by atoms with Crippen LogP contribution in [0.2, 0.25) is 0 Å². The van der Waals surface area contributed by atoms with Gasteiger partial charge in [-0.1, -0.05) is 43.0 Å². The van der Waals surface area contributed by atoms with Gasteiger partial charge in [-0.2, -0.15) is 0 Å². The van der Waals surface area contributed by atoms with Crippen molar-refractivity contribution in [2.24, 2.45) is 0 Å². The van der Waals surface area contributed by atoms with E-state index in [-0.39, 0.29) is 0 Å². The number of fused-ring (bicyclic) bond motifs is 1. The molecule has 0 bridgehead atoms. The van der Waals surface area contributed by atoms with Crippen LogP contribution in [0.3, 0.4) is 0 Å². The van der Waals surface area contributed by atoms with E-state index in [9.17, 15) is 4.39 Å². The molecule has 0 aliphatic carbocycles. The van der Waals surface area contributed by atoms with Gasteiger partial charge in [0.1, 0.15) is 5.82 Å². The standard InChI is InChI=1S/C16H12BrFO2.C3H6/c1-10(2)16(11-6-4-3-5-7-11)19-14-8-12(17)13(18)9-15(14)20-16;1-3-2/h3-9H,1H2,2H3;3H,1H2,2H3. The molecule has 0 amide bonds. The molecule has 4 heteroatoms. The Morgan fingerprint density at radius 2 is 1.70 bits per heavy atom. The molecule has 0 fully saturated rings. The molecule has 0 saturated carbocycles. The van der Waals surface area contributed by atoms with E-state index in [1.54, 1.807) is 12.1 Å². The molecule has 120 valence electrons. The third kappa shape index (κ3) is 3.32. The molecule has 3 rings (SSSR count). The average molecular weight is 377 g/mol. The van der Waals surface area contributed by atoms with Crippen molar-refractivity contribution in [3.05, 3.63) is 83.1 Å². The molecule has 1 unspecified atom stereocenters. The monoisotopic (exact) mass is 376 g/mol. The van der Waals surface area contributed by atoms with Gasteiger partial charge >= 0.3 is 5.79 Å². The highest BCUT2D eigenvalue weighted by atomic mass is 79.9. The van der Waals surface area contributed by atoms with E-state index in [4.69, 9.17) is 9.47 Å². The molecule has 1 aliphatic rings. The summed E-state index contributed by atoms with van der Waals surface area (Å²) in [6, 6.07) is 12.4. The Bertz CT molecular complexity index is 695. The number of halogens is 2. The zero-order valence-electron chi connectivity index (χ0n) is 13.1. The second-order valence-corrected chi connectivity index (χ2v) is 5.94. The van der Waals surface area contributed by atoms with E-state index in [2.05, 4.69) is 29.1 Å². The van der Waals surface area contributed by atoms with Crippen molar-refractivity contribution < 1.29 is 13.9 Å². The Morgan fingerprint density at radius 3 is 2.22 bits per heavy atom. The second-order valence-electron chi connectivity index (χ2n) is 5.09. The summed E-state index contributed by atoms with van der Waals surface area (Å²) >= 11 is 3.15. The Morgan fingerprint density at radius 1 is 1.17 bits per heavy atom. The van der Waals surface area contributed by atoms with Crippen LogP contribution in [0.1, 0.15) is 19.4 Å². The fourth-order valence-electron chi connectivity index (χ4n) is 2.20. The van der Waals surface area contributed by atoms with Crippen LogP contribution in [0.4, 0.5) is 4.39 Å². The number of benzene rings is 2. The Labute approximate surface area is 144 Å². The van der Waals surface area contributed by atoms with Crippen molar-refractivity contribution >= 4 is 15.9 Å². The Hall–Kier alpha value is -2.07. The molecule has 0 aromatic heterocycles. The number of ether oxygens (including phenoxy) is 2. The second kappa shape index (κ2) is 7.01. The smallest absolute Gasteiger partial charge is 0.301 e. The Kier molecular flexibility index (Phi) is 5.26. The zero-order valence-corrected chi connectivity index (χ0v) is 14.7. The molecule has 2 nitrogen and oxygen atoms in total. The van der Waals surface area contributed by atoms with Crippen LogP contribution in [0.15, 0.2) is 71.7 Å². The highest BCUT2D eigenvalue weighted by Gasteiger charge is 2.44. The van der Waals surface area contributed by atoms with Crippen molar-refractivity contribution in [2.75, 3.05) is 0 Å². The summed E-state index contributed by atoms with van der Waals surface area (Å²) in [7, 11) is 0. The highest BCUT2D eigenvalue weighted by molar-refractivity contribution is 9.10. The van der Waals surface area contributed by atoms with E-state index in [1.807, 2.05) is 44.2 Å². The molecule has 2 aromatic carbocycles. The lowest BCUT2D eigenvalue weighted by atomic mass is 10.00. The lowest BCUT2D eigenvalue weighted by Crippen LogP contribution is -2.36. The topological polar surface area (TPSA) is 18.5 Å². The van der Waals surface area contributed by atoms with Crippen LogP contribution in [0.5, 0.6) is 11.5 Å². The SMILES string of the molecule is C=C(C)C1(c2ccccc2)Oc2cc(F)c(Br)cc2O1.C=CC. The summed E-state index contributed by atoms with van der Waals surface area (Å²) < 4.78 is 25.8. The summed E-state index contributed by atoms with van der Waals surface area (Å²) in [5.41, 5.74) is 1.51. The van der Waals surface area contributed by atoms with Crippen molar-refractivity contribution in [1.29, 1.82) is 0 Å². The van der Waals surface area contributed by atoms with Gasteiger partial charge in [0.25, 0.3) is 0 Å². The van der Waals surface area contributed by atoms with Gasteiger partial charge in [-0.3, -0.25) is 0 Å². The largest absolute Gasteiger partial charge is 0.441 e. The molecule has 0 saturated heterocycles. The number of hydrogen-bond donors (Lipinski definition) is 0. The van der Waals surface area contributed by atoms with Gasteiger partial charge in [-0.15, -0.1) is 6.58 Å². The van der Waals surface area contributed by atoms with Gasteiger partial charge in [-0.05, 0) is 29.8 Å². The Balaban J connectivity index is 0.000000595. The third-order valence-electron chi connectivity index (χ3n) is 3.21. The van der Waals surface area contributed by atoms with Crippen LogP contribution in [0, 0.1) is 5.82 Å². The molecule has 1 aliphatic heterocycles. The van der Waals surface area contributed by atoms with Gasteiger partial charge in [0, 0.05) is 23.3 Å². The predicted octanol–water partition coefficient (Wildman–Crippen LogP) is 5.98. The van der Waals surface area contributed by atoms with Crippen LogP contribution in [0.25, 0.3) is 0 Å². The highest BCUT2D eigenvalue weighted by Crippen LogP contribution is 2.48. The van der Waals surface area contributed by atoms with Crippen LogP contribution >= 0.6 is 15.9 Å². The summed E-state index contributed by atoms with van der Waals surface area (Å²) in [6.45, 7) is 11.0. The average Bonchev–Trinajstić information content (AvgIpc) is 2.89. The minimum atomic E-state index is -1.10. The first-order valence-electron chi connectivity index (χ1n) is 7.10. The summed E-state index contributed by atoms with van der Waals surface area (Å²) in [5, 5.41) is 0. The maximum absolute atomic E-state index is 13.6. The molecule has 1 heterocycles. The summed E-state index contributed by atoms with van der Waals surface area (Å²) in [5.74, 6) is -0.628. The van der Waals surface area contributed by atoms with Crippen LogP contribution in [-0.2, 0) is 5.79 Å². The van der Waals surface area contributed by atoms with Crippen LogP contribution in [-0.4, -0.2) is 0 Å². The van der Waals surface area contributed by atoms with Crippen molar-refractivity contribution in [1.82, 2.24) is 0 Å². The number of rotatable bonds is 2. The summed E-state index contributed by atoms with van der Waals surface area (Å²) in [6.07, 6.45) is 1.75. The van der Waals surface area contributed by atoms with Crippen molar-refractivity contribution in [3.8, 4) is 11.5 Å². The van der Waals surface area contributed by atoms with Crippen molar-refractivity contribution in [2.45, 2.75) is 19.6 Å². The zero-order chi connectivity index (χ0) is 17.0. The van der Waals surface area contributed by atoms with Gasteiger partial charge in [0.05, 0.1) is 4.47 Å². The first-order valence-corrected chi connectivity index (χ1v) is 7.89. The fraction of sp³-hybridized carbons (Fsp3) is 0.158. The van der Waals surface area contributed by atoms with Gasteiger partial charge < -0.3 is 9.47 Å². The molecule has 0 radical (unpaired) electrons. The maximum atomic E-state index is 13.6. The minimum Gasteiger partial charge on any atom is -0.441 e. The molecule has 1 atom stereocenters. The van der Waals surface area contributed by atoms with E-state index in [1.165, 1.54) is 6.07 Å². The molecule has 0 spiro atoms. The van der Waals surface area contributed by atoms with Gasteiger partial charge in [0.15, 0.2) is 11.5 Å². The molecular formula is C19H18BrFO2. The van der Waals surface area contributed by atoms with E-state index >= 15 is 0 Å². The number of allylic oxidation sites excluding steroid dienone is 1. The minimum absolute atomic E-state index is 0.338. The molecular weight excluding hydrogens is 359 g/mol. The summed E-state index contributed by atoms with van der Waals surface area (Å²) in [4.78, 5) is 0. The lowest BCUT2D eigenvalue weighted by Gasteiger charge is -2.28. The fourth-order valence-corrected chi connectivity index (χ4v) is 2.52. The van der Waals surface area contributed by atoms with Gasteiger partial charge in [-0.25, -0.2) is 4.39 Å². The van der Waals surface area contributed by atoms with Crippen LogP contribution < -0.4 is 9.47 Å². The maximum Gasteiger partial charge on any atom is 0.301 e.